The second kappa shape index (κ2) is 8.99. The van der Waals surface area contributed by atoms with Crippen LogP contribution >= 0.6 is 0 Å². The molecule has 0 saturated carbocycles. The fraction of sp³-hybridized carbons (Fsp3) is 0.182. The fourth-order valence-electron chi connectivity index (χ4n) is 2.62. The van der Waals surface area contributed by atoms with Crippen LogP contribution in [-0.4, -0.2) is 17.0 Å². The van der Waals surface area contributed by atoms with E-state index >= 15 is 0 Å². The summed E-state index contributed by atoms with van der Waals surface area (Å²) in [6.45, 7) is 4.14. The minimum Gasteiger partial charge on any atom is -0.489 e. The number of nitrogens with one attached hydrogen (secondary N) is 2. The van der Waals surface area contributed by atoms with Crippen LogP contribution in [0.15, 0.2) is 67.0 Å². The van der Waals surface area contributed by atoms with E-state index in [1.165, 1.54) is 12.3 Å². The molecule has 3 rings (SSSR count). The molecule has 1 aromatic heterocycles. The Bertz CT molecular complexity index is 960. The minimum absolute atomic E-state index is 0.00868. The lowest BCUT2D eigenvalue weighted by atomic mass is 10.2. The summed E-state index contributed by atoms with van der Waals surface area (Å²) in [7, 11) is 0. The van der Waals surface area contributed by atoms with E-state index in [0.717, 1.165) is 0 Å². The molecule has 6 heteroatoms. The van der Waals surface area contributed by atoms with Crippen LogP contribution in [-0.2, 0) is 6.54 Å². The Morgan fingerprint density at radius 3 is 2.64 bits per heavy atom. The monoisotopic (exact) mass is 379 g/mol. The third-order valence-electron chi connectivity index (χ3n) is 3.94. The number of rotatable bonds is 7. The Balaban J connectivity index is 1.70. The van der Waals surface area contributed by atoms with Crippen molar-refractivity contribution in [3.05, 3.63) is 83.9 Å². The van der Waals surface area contributed by atoms with Crippen LogP contribution in [0.1, 0.15) is 29.8 Å². The normalized spacial score (nSPS) is 10.6. The van der Waals surface area contributed by atoms with Crippen molar-refractivity contribution >= 4 is 17.3 Å². The van der Waals surface area contributed by atoms with Crippen LogP contribution in [0.25, 0.3) is 0 Å². The topological polar surface area (TPSA) is 63.2 Å². The van der Waals surface area contributed by atoms with Crippen LogP contribution in [0, 0.1) is 5.82 Å². The molecule has 1 heterocycles. The van der Waals surface area contributed by atoms with Gasteiger partial charge in [-0.1, -0.05) is 30.3 Å². The highest BCUT2D eigenvalue weighted by Crippen LogP contribution is 2.25. The highest BCUT2D eigenvalue weighted by Gasteiger charge is 2.12. The number of hydrogen-bond donors (Lipinski definition) is 2. The number of pyridine rings is 1. The number of ether oxygens (including phenoxy) is 1. The summed E-state index contributed by atoms with van der Waals surface area (Å²) < 4.78 is 19.5. The van der Waals surface area contributed by atoms with Crippen LogP contribution < -0.4 is 15.4 Å². The van der Waals surface area contributed by atoms with Gasteiger partial charge in [0.25, 0.3) is 5.91 Å². The number of hydrogen-bond acceptors (Lipinski definition) is 4. The minimum atomic E-state index is -0.304. The van der Waals surface area contributed by atoms with Gasteiger partial charge in [0.2, 0.25) is 0 Å². The van der Waals surface area contributed by atoms with Gasteiger partial charge >= 0.3 is 0 Å². The van der Waals surface area contributed by atoms with Gasteiger partial charge in [-0.3, -0.25) is 9.78 Å². The molecule has 0 radical (unpaired) electrons. The molecule has 144 valence electrons. The van der Waals surface area contributed by atoms with Crippen LogP contribution in [0.3, 0.4) is 0 Å². The van der Waals surface area contributed by atoms with E-state index in [2.05, 4.69) is 15.6 Å². The number of carbonyl (C=O) groups excluding carboxylic acids is 1. The predicted molar refractivity (Wildman–Crippen MR) is 108 cm³/mol. The van der Waals surface area contributed by atoms with Gasteiger partial charge in [-0.25, -0.2) is 4.39 Å². The fourth-order valence-corrected chi connectivity index (χ4v) is 2.62. The first-order chi connectivity index (χ1) is 13.5. The van der Waals surface area contributed by atoms with Gasteiger partial charge in [0, 0.05) is 24.5 Å². The summed E-state index contributed by atoms with van der Waals surface area (Å²) in [5, 5.41) is 5.94. The third kappa shape index (κ3) is 5.07. The lowest BCUT2D eigenvalue weighted by molar-refractivity contribution is 0.102. The summed E-state index contributed by atoms with van der Waals surface area (Å²) >= 11 is 0. The molecular weight excluding hydrogens is 357 g/mol. The quantitative estimate of drug-likeness (QED) is 0.615. The maximum absolute atomic E-state index is 13.7. The van der Waals surface area contributed by atoms with Gasteiger partial charge in [0.1, 0.15) is 11.6 Å². The number of para-hydroxylation sites is 2. The molecule has 0 fully saturated rings. The Morgan fingerprint density at radius 2 is 1.86 bits per heavy atom. The first-order valence-corrected chi connectivity index (χ1v) is 9.02. The maximum Gasteiger partial charge on any atom is 0.257 e. The summed E-state index contributed by atoms with van der Waals surface area (Å²) in [6, 6.07) is 15.5. The van der Waals surface area contributed by atoms with Gasteiger partial charge in [0.15, 0.2) is 0 Å². The maximum atomic E-state index is 13.7. The summed E-state index contributed by atoms with van der Waals surface area (Å²) in [5.74, 6) is 0.0214. The Morgan fingerprint density at radius 1 is 1.11 bits per heavy atom. The van der Waals surface area contributed by atoms with E-state index in [1.807, 2.05) is 26.0 Å². The lowest BCUT2D eigenvalue weighted by Crippen LogP contribution is -2.15. The molecule has 0 spiro atoms. The van der Waals surface area contributed by atoms with E-state index in [4.69, 9.17) is 4.74 Å². The van der Waals surface area contributed by atoms with Crippen molar-refractivity contribution in [3.8, 4) is 5.75 Å². The van der Waals surface area contributed by atoms with Crippen molar-refractivity contribution in [1.29, 1.82) is 0 Å². The molecule has 1 amide bonds. The van der Waals surface area contributed by atoms with Crippen molar-refractivity contribution in [2.75, 3.05) is 10.6 Å². The average molecular weight is 379 g/mol. The number of anilines is 2. The van der Waals surface area contributed by atoms with Crippen molar-refractivity contribution in [3.63, 3.8) is 0 Å². The van der Waals surface area contributed by atoms with Crippen molar-refractivity contribution in [2.24, 2.45) is 0 Å². The number of carbonyl (C=O) groups is 1. The zero-order chi connectivity index (χ0) is 19.9. The Hall–Kier alpha value is -3.41. The van der Waals surface area contributed by atoms with Crippen molar-refractivity contribution in [1.82, 2.24) is 4.98 Å². The molecule has 0 saturated heterocycles. The molecule has 28 heavy (non-hydrogen) atoms. The predicted octanol–water partition coefficient (Wildman–Crippen LogP) is 4.87. The Kier molecular flexibility index (Phi) is 6.22. The van der Waals surface area contributed by atoms with E-state index in [1.54, 1.807) is 42.6 Å². The first-order valence-electron chi connectivity index (χ1n) is 9.02. The largest absolute Gasteiger partial charge is 0.489 e. The number of benzene rings is 2. The van der Waals surface area contributed by atoms with E-state index in [9.17, 15) is 9.18 Å². The molecule has 2 N–H and O–H groups in total. The smallest absolute Gasteiger partial charge is 0.257 e. The number of amides is 1. The number of nitrogens with zero attached hydrogens (tertiary/aromatic N) is 1. The highest BCUT2D eigenvalue weighted by atomic mass is 19.1. The molecule has 0 unspecified atom stereocenters. The molecule has 0 aliphatic carbocycles. The summed E-state index contributed by atoms with van der Waals surface area (Å²) in [4.78, 5) is 16.7. The SMILES string of the molecule is CC(C)Oc1ccccc1NC(=O)c1cncc(NCc2ccccc2F)c1. The summed E-state index contributed by atoms with van der Waals surface area (Å²) in [6.07, 6.45) is 3.06. The van der Waals surface area contributed by atoms with E-state index in [-0.39, 0.29) is 17.8 Å². The standard InChI is InChI=1S/C22H22FN3O2/c1-15(2)28-21-10-6-5-9-20(21)26-22(27)17-11-18(14-24-12-17)25-13-16-7-3-4-8-19(16)23/h3-12,14-15,25H,13H2,1-2H3,(H,26,27). The third-order valence-corrected chi connectivity index (χ3v) is 3.94. The summed E-state index contributed by atoms with van der Waals surface area (Å²) in [5.41, 5.74) is 2.14. The molecule has 5 nitrogen and oxygen atoms in total. The zero-order valence-electron chi connectivity index (χ0n) is 15.8. The second-order valence-electron chi connectivity index (χ2n) is 6.52. The molecule has 0 aliphatic heterocycles. The average Bonchev–Trinajstić information content (AvgIpc) is 2.69. The second-order valence-corrected chi connectivity index (χ2v) is 6.52. The van der Waals surface area contributed by atoms with Gasteiger partial charge in [0.05, 0.1) is 23.0 Å². The van der Waals surface area contributed by atoms with Crippen LogP contribution in [0.2, 0.25) is 0 Å². The van der Waals surface area contributed by atoms with Crippen LogP contribution in [0.4, 0.5) is 15.8 Å². The van der Waals surface area contributed by atoms with E-state index in [0.29, 0.717) is 34.8 Å². The molecule has 3 aromatic rings. The van der Waals surface area contributed by atoms with Gasteiger partial charge in [-0.05, 0) is 38.1 Å². The highest BCUT2D eigenvalue weighted by molar-refractivity contribution is 6.05. The van der Waals surface area contributed by atoms with Gasteiger partial charge < -0.3 is 15.4 Å². The molecule has 0 atom stereocenters. The first kappa shape index (κ1) is 19.4. The molecule has 0 aliphatic rings. The van der Waals surface area contributed by atoms with Gasteiger partial charge in [-0.2, -0.15) is 0 Å². The number of aromatic nitrogens is 1. The lowest BCUT2D eigenvalue weighted by Gasteiger charge is -2.15. The van der Waals surface area contributed by atoms with Crippen LogP contribution in [0.5, 0.6) is 5.75 Å². The van der Waals surface area contributed by atoms with Crippen molar-refractivity contribution in [2.45, 2.75) is 26.5 Å². The van der Waals surface area contributed by atoms with E-state index < -0.39 is 0 Å². The molecule has 0 bridgehead atoms. The van der Waals surface area contributed by atoms with Gasteiger partial charge in [-0.15, -0.1) is 0 Å². The molecular formula is C22H22FN3O2. The van der Waals surface area contributed by atoms with Crippen molar-refractivity contribution < 1.29 is 13.9 Å². The Labute approximate surface area is 163 Å². The molecule has 2 aromatic carbocycles. The number of halogens is 1. The zero-order valence-corrected chi connectivity index (χ0v) is 15.8.